The lowest BCUT2D eigenvalue weighted by Crippen LogP contribution is -2.34. The fourth-order valence-corrected chi connectivity index (χ4v) is 3.69. The van der Waals surface area contributed by atoms with Crippen molar-refractivity contribution in [3.8, 4) is 0 Å². The van der Waals surface area contributed by atoms with Crippen LogP contribution in [0.25, 0.3) is 0 Å². The zero-order valence-electron chi connectivity index (χ0n) is 11.6. The molecule has 0 bridgehead atoms. The number of hydrogen-bond donors (Lipinski definition) is 1. The lowest BCUT2D eigenvalue weighted by molar-refractivity contribution is -0.129. The summed E-state index contributed by atoms with van der Waals surface area (Å²) < 4.78 is 13.9. The van der Waals surface area contributed by atoms with Gasteiger partial charge in [-0.3, -0.25) is 4.79 Å². The fraction of sp³-hybridized carbons (Fsp3) is 0.533. The minimum atomic E-state index is -0.324. The highest BCUT2D eigenvalue weighted by Crippen LogP contribution is 2.37. The van der Waals surface area contributed by atoms with Crippen LogP contribution in [0.3, 0.4) is 0 Å². The van der Waals surface area contributed by atoms with E-state index in [1.165, 1.54) is 6.07 Å². The minimum absolute atomic E-state index is 0. The number of likely N-dealkylation sites (tertiary alicyclic amines) is 1. The van der Waals surface area contributed by atoms with Crippen LogP contribution in [0.1, 0.15) is 18.4 Å². The van der Waals surface area contributed by atoms with Gasteiger partial charge in [-0.1, -0.05) is 6.07 Å². The molecule has 6 heteroatoms. The lowest BCUT2D eigenvalue weighted by Gasteiger charge is -2.19. The van der Waals surface area contributed by atoms with E-state index in [-0.39, 0.29) is 36.6 Å². The Morgan fingerprint density at radius 3 is 2.81 bits per heavy atom. The molecule has 2 N–H and O–H groups in total. The smallest absolute Gasteiger partial charge is 0.227 e. The number of amides is 1. The van der Waals surface area contributed by atoms with E-state index in [4.69, 9.17) is 5.73 Å². The topological polar surface area (TPSA) is 46.3 Å². The Balaban J connectivity index is 0.00000161. The molecule has 0 spiro atoms. The molecule has 3 rings (SSSR count). The first-order chi connectivity index (χ1) is 9.54. The van der Waals surface area contributed by atoms with Gasteiger partial charge in [-0.2, -0.15) is 0 Å². The standard InChI is InChI=1S/C15H18BrFN2O.ClH/c16-12-3-1-9(5-13(12)17)6-15(20)19-7-10-2-4-14(18)11(10)8-19;/h1,3,5,10-11,14H,2,4,6-8,18H2;1H. The molecule has 3 unspecified atom stereocenters. The summed E-state index contributed by atoms with van der Waals surface area (Å²) in [6.45, 7) is 1.58. The van der Waals surface area contributed by atoms with Gasteiger partial charge in [-0.15, -0.1) is 12.4 Å². The fourth-order valence-electron chi connectivity index (χ4n) is 3.45. The van der Waals surface area contributed by atoms with Crippen molar-refractivity contribution in [2.75, 3.05) is 13.1 Å². The van der Waals surface area contributed by atoms with Crippen molar-refractivity contribution in [1.29, 1.82) is 0 Å². The maximum absolute atomic E-state index is 13.5. The lowest BCUT2D eigenvalue weighted by atomic mass is 9.98. The van der Waals surface area contributed by atoms with Gasteiger partial charge in [0.15, 0.2) is 0 Å². The molecule has 2 aliphatic rings. The van der Waals surface area contributed by atoms with Crippen molar-refractivity contribution in [1.82, 2.24) is 4.90 Å². The van der Waals surface area contributed by atoms with Gasteiger partial charge in [0.2, 0.25) is 5.91 Å². The average molecular weight is 378 g/mol. The molecule has 0 radical (unpaired) electrons. The molecule has 1 amide bonds. The highest BCUT2D eigenvalue weighted by Gasteiger charge is 2.42. The molecule has 1 aromatic carbocycles. The second-order valence-electron chi connectivity index (χ2n) is 5.89. The average Bonchev–Trinajstić information content (AvgIpc) is 2.97. The number of fused-ring (bicyclic) bond motifs is 1. The van der Waals surface area contributed by atoms with Crippen LogP contribution >= 0.6 is 28.3 Å². The van der Waals surface area contributed by atoms with E-state index in [2.05, 4.69) is 15.9 Å². The Hall–Kier alpha value is -0.650. The highest BCUT2D eigenvalue weighted by molar-refractivity contribution is 9.10. The number of benzene rings is 1. The third-order valence-corrected chi connectivity index (χ3v) is 5.25. The molecule has 1 aliphatic heterocycles. The van der Waals surface area contributed by atoms with Crippen LogP contribution in [-0.2, 0) is 11.2 Å². The quantitative estimate of drug-likeness (QED) is 0.861. The van der Waals surface area contributed by atoms with Crippen LogP contribution in [0.2, 0.25) is 0 Å². The van der Waals surface area contributed by atoms with Crippen molar-refractivity contribution in [3.05, 3.63) is 34.1 Å². The zero-order chi connectivity index (χ0) is 14.3. The molecule has 1 saturated carbocycles. The predicted molar refractivity (Wildman–Crippen MR) is 85.8 cm³/mol. The number of halogens is 3. The van der Waals surface area contributed by atoms with Gasteiger partial charge in [0.25, 0.3) is 0 Å². The van der Waals surface area contributed by atoms with Gasteiger partial charge in [-0.05, 0) is 58.3 Å². The van der Waals surface area contributed by atoms with E-state index in [1.807, 2.05) is 4.90 Å². The molecule has 1 aromatic rings. The third-order valence-electron chi connectivity index (χ3n) is 4.60. The SMILES string of the molecule is Cl.NC1CCC2CN(C(=O)Cc3ccc(Br)c(F)c3)CC12. The number of carbonyl (C=O) groups excluding carboxylic acids is 1. The Bertz CT molecular complexity index is 542. The monoisotopic (exact) mass is 376 g/mol. The number of rotatable bonds is 2. The Morgan fingerprint density at radius 2 is 2.14 bits per heavy atom. The molecule has 0 aromatic heterocycles. The van der Waals surface area contributed by atoms with Crippen LogP contribution in [0.15, 0.2) is 22.7 Å². The van der Waals surface area contributed by atoms with Crippen molar-refractivity contribution >= 4 is 34.2 Å². The largest absolute Gasteiger partial charge is 0.342 e. The van der Waals surface area contributed by atoms with Crippen molar-refractivity contribution in [2.45, 2.75) is 25.3 Å². The minimum Gasteiger partial charge on any atom is -0.342 e. The maximum Gasteiger partial charge on any atom is 0.227 e. The molecule has 1 saturated heterocycles. The summed E-state index contributed by atoms with van der Waals surface area (Å²) in [6.07, 6.45) is 2.47. The van der Waals surface area contributed by atoms with E-state index < -0.39 is 0 Å². The van der Waals surface area contributed by atoms with Crippen LogP contribution in [0, 0.1) is 17.7 Å². The zero-order valence-corrected chi connectivity index (χ0v) is 14.0. The van der Waals surface area contributed by atoms with Crippen LogP contribution < -0.4 is 5.73 Å². The maximum atomic E-state index is 13.5. The van der Waals surface area contributed by atoms with E-state index in [1.54, 1.807) is 12.1 Å². The highest BCUT2D eigenvalue weighted by atomic mass is 79.9. The normalized spacial score (nSPS) is 27.4. The first-order valence-electron chi connectivity index (χ1n) is 7.02. The molecule has 21 heavy (non-hydrogen) atoms. The Morgan fingerprint density at radius 1 is 1.38 bits per heavy atom. The molecular formula is C15H19BrClFN2O. The van der Waals surface area contributed by atoms with Gasteiger partial charge in [0, 0.05) is 19.1 Å². The van der Waals surface area contributed by atoms with Crippen molar-refractivity contribution in [2.24, 2.45) is 17.6 Å². The van der Waals surface area contributed by atoms with Gasteiger partial charge in [-0.25, -0.2) is 4.39 Å². The van der Waals surface area contributed by atoms with Crippen LogP contribution in [-0.4, -0.2) is 29.9 Å². The summed E-state index contributed by atoms with van der Waals surface area (Å²) in [4.78, 5) is 14.2. The van der Waals surface area contributed by atoms with E-state index >= 15 is 0 Å². The molecule has 1 heterocycles. The number of carbonyl (C=O) groups is 1. The predicted octanol–water partition coefficient (Wildman–Crippen LogP) is 2.75. The summed E-state index contributed by atoms with van der Waals surface area (Å²) in [7, 11) is 0. The molecule has 2 fully saturated rings. The second-order valence-corrected chi connectivity index (χ2v) is 6.74. The van der Waals surface area contributed by atoms with Gasteiger partial charge in [0.1, 0.15) is 5.82 Å². The summed E-state index contributed by atoms with van der Waals surface area (Å²) in [5, 5.41) is 0. The summed E-state index contributed by atoms with van der Waals surface area (Å²) in [6, 6.07) is 5.09. The van der Waals surface area contributed by atoms with E-state index in [0.717, 1.165) is 31.5 Å². The van der Waals surface area contributed by atoms with Crippen LogP contribution in [0.4, 0.5) is 4.39 Å². The van der Waals surface area contributed by atoms with Crippen LogP contribution in [0.5, 0.6) is 0 Å². The van der Waals surface area contributed by atoms with Crippen molar-refractivity contribution in [3.63, 3.8) is 0 Å². The third kappa shape index (κ3) is 3.41. The van der Waals surface area contributed by atoms with E-state index in [9.17, 15) is 9.18 Å². The molecule has 3 atom stereocenters. The number of hydrogen-bond acceptors (Lipinski definition) is 2. The Kier molecular flexibility index (Phi) is 5.28. The Labute approximate surface area is 138 Å². The molecule has 3 nitrogen and oxygen atoms in total. The van der Waals surface area contributed by atoms with Gasteiger partial charge < -0.3 is 10.6 Å². The number of nitrogens with zero attached hydrogens (tertiary/aromatic N) is 1. The second kappa shape index (κ2) is 6.63. The first kappa shape index (κ1) is 16.7. The molecule has 116 valence electrons. The molecule has 1 aliphatic carbocycles. The van der Waals surface area contributed by atoms with Gasteiger partial charge in [0.05, 0.1) is 10.9 Å². The number of nitrogens with two attached hydrogens (primary N) is 1. The molecular weight excluding hydrogens is 359 g/mol. The van der Waals surface area contributed by atoms with Crippen molar-refractivity contribution < 1.29 is 9.18 Å². The first-order valence-corrected chi connectivity index (χ1v) is 7.81. The van der Waals surface area contributed by atoms with Gasteiger partial charge >= 0.3 is 0 Å². The van der Waals surface area contributed by atoms with E-state index in [0.29, 0.717) is 16.3 Å². The summed E-state index contributed by atoms with van der Waals surface area (Å²) >= 11 is 3.12. The summed E-state index contributed by atoms with van der Waals surface area (Å²) in [5.41, 5.74) is 6.80. The summed E-state index contributed by atoms with van der Waals surface area (Å²) in [5.74, 6) is 0.778.